The van der Waals surface area contributed by atoms with E-state index in [4.69, 9.17) is 4.74 Å². The van der Waals surface area contributed by atoms with Crippen LogP contribution < -0.4 is 10.1 Å². The smallest absolute Gasteiger partial charge is 0.260 e. The first kappa shape index (κ1) is 16.0. The van der Waals surface area contributed by atoms with Gasteiger partial charge in [-0.2, -0.15) is 4.31 Å². The van der Waals surface area contributed by atoms with Gasteiger partial charge >= 0.3 is 0 Å². The van der Waals surface area contributed by atoms with E-state index in [1.165, 1.54) is 26.7 Å². The Labute approximate surface area is 128 Å². The monoisotopic (exact) mass is 324 g/mol. The molecule has 2 aromatic rings. The Morgan fingerprint density at radius 2 is 2.23 bits per heavy atom. The molecule has 9 heteroatoms. The van der Waals surface area contributed by atoms with Crippen molar-refractivity contribution in [2.75, 3.05) is 26.0 Å². The number of carbonyl (C=O) groups excluding carboxylic acids is 1. The van der Waals surface area contributed by atoms with Gasteiger partial charge in [-0.1, -0.05) is 6.07 Å². The van der Waals surface area contributed by atoms with Crippen LogP contribution in [0.5, 0.6) is 5.75 Å². The topological polar surface area (TPSA) is 104 Å². The summed E-state index contributed by atoms with van der Waals surface area (Å²) in [6, 6.07) is 6.79. The quantitative estimate of drug-likeness (QED) is 0.813. The van der Waals surface area contributed by atoms with Crippen LogP contribution in [0.25, 0.3) is 0 Å². The Morgan fingerprint density at radius 3 is 2.86 bits per heavy atom. The molecule has 0 spiro atoms. The van der Waals surface area contributed by atoms with Crippen molar-refractivity contribution in [3.63, 3.8) is 0 Å². The highest BCUT2D eigenvalue weighted by Gasteiger charge is 2.24. The average molecular weight is 324 g/mol. The molecule has 118 valence electrons. The third kappa shape index (κ3) is 3.62. The largest absolute Gasteiger partial charge is 0.497 e. The maximum absolute atomic E-state index is 12.1. The number of hydrogen-bond donors (Lipinski definition) is 2. The number of nitrogens with zero attached hydrogens (tertiary/aromatic N) is 2. The second-order valence-corrected chi connectivity index (χ2v) is 6.47. The van der Waals surface area contributed by atoms with Crippen LogP contribution in [-0.2, 0) is 14.8 Å². The van der Waals surface area contributed by atoms with Crippen molar-refractivity contribution in [3.05, 3.63) is 36.8 Å². The van der Waals surface area contributed by atoms with Gasteiger partial charge in [-0.05, 0) is 12.1 Å². The van der Waals surface area contributed by atoms with Gasteiger partial charge in [0.05, 0.1) is 26.2 Å². The van der Waals surface area contributed by atoms with E-state index in [-0.39, 0.29) is 11.6 Å². The van der Waals surface area contributed by atoms with Gasteiger partial charge in [-0.25, -0.2) is 13.4 Å². The molecule has 2 rings (SSSR count). The summed E-state index contributed by atoms with van der Waals surface area (Å²) in [5.41, 5.74) is 0.525. The first-order valence-electron chi connectivity index (χ1n) is 6.32. The second kappa shape index (κ2) is 6.58. The molecule has 1 aromatic heterocycles. The average Bonchev–Trinajstić information content (AvgIpc) is 3.02. The van der Waals surface area contributed by atoms with E-state index in [0.29, 0.717) is 11.4 Å². The molecule has 0 aliphatic heterocycles. The molecule has 0 fully saturated rings. The predicted molar refractivity (Wildman–Crippen MR) is 80.0 cm³/mol. The van der Waals surface area contributed by atoms with E-state index in [1.54, 1.807) is 24.3 Å². The molecular weight excluding hydrogens is 308 g/mol. The minimum absolute atomic E-state index is 0.0656. The number of benzene rings is 1. The van der Waals surface area contributed by atoms with Crippen molar-refractivity contribution in [2.24, 2.45) is 0 Å². The number of rotatable bonds is 6. The van der Waals surface area contributed by atoms with Crippen LogP contribution in [0.4, 0.5) is 5.69 Å². The summed E-state index contributed by atoms with van der Waals surface area (Å²) in [5, 5.41) is 2.55. The molecule has 0 saturated heterocycles. The number of amides is 1. The Bertz CT molecular complexity index is 743. The highest BCUT2D eigenvalue weighted by molar-refractivity contribution is 7.89. The summed E-state index contributed by atoms with van der Waals surface area (Å²) < 4.78 is 30.3. The Morgan fingerprint density at radius 1 is 1.45 bits per heavy atom. The Hall–Kier alpha value is -2.39. The van der Waals surface area contributed by atoms with Crippen molar-refractivity contribution in [1.82, 2.24) is 14.3 Å². The SMILES string of the molecule is COc1cccc(NC(=O)CN(C)S(=O)(=O)c2cnc[nH]2)c1. The number of likely N-dealkylation sites (N-methyl/N-ethyl adjacent to an activating group) is 1. The molecule has 1 amide bonds. The standard InChI is InChI=1S/C13H16N4O4S/c1-17(22(19,20)13-7-14-9-15-13)8-12(18)16-10-4-3-5-11(6-10)21-2/h3-7,9H,8H2,1-2H3,(H,14,15)(H,16,18). The normalized spacial score (nSPS) is 11.4. The van der Waals surface area contributed by atoms with Crippen LogP contribution in [0, 0.1) is 0 Å². The summed E-state index contributed by atoms with van der Waals surface area (Å²) >= 11 is 0. The van der Waals surface area contributed by atoms with E-state index in [9.17, 15) is 13.2 Å². The van der Waals surface area contributed by atoms with Crippen molar-refractivity contribution < 1.29 is 17.9 Å². The van der Waals surface area contributed by atoms with Gasteiger partial charge in [0.1, 0.15) is 5.75 Å². The van der Waals surface area contributed by atoms with Gasteiger partial charge in [0.2, 0.25) is 5.91 Å². The fourth-order valence-electron chi connectivity index (χ4n) is 1.74. The number of aromatic amines is 1. The van der Waals surface area contributed by atoms with Crippen molar-refractivity contribution in [2.45, 2.75) is 5.03 Å². The minimum atomic E-state index is -3.77. The predicted octanol–water partition coefficient (Wildman–Crippen LogP) is 0.677. The summed E-state index contributed by atoms with van der Waals surface area (Å²) in [7, 11) is -0.926. The van der Waals surface area contributed by atoms with Crippen molar-refractivity contribution in [3.8, 4) is 5.75 Å². The zero-order chi connectivity index (χ0) is 16.2. The lowest BCUT2D eigenvalue weighted by molar-refractivity contribution is -0.116. The summed E-state index contributed by atoms with van der Waals surface area (Å²) in [5.74, 6) is 0.134. The van der Waals surface area contributed by atoms with Crippen LogP contribution >= 0.6 is 0 Å². The first-order chi connectivity index (χ1) is 10.4. The molecule has 0 atom stereocenters. The molecule has 1 aromatic carbocycles. The number of anilines is 1. The number of methoxy groups -OCH3 is 1. The van der Waals surface area contributed by atoms with Crippen molar-refractivity contribution in [1.29, 1.82) is 0 Å². The molecular formula is C13H16N4O4S. The maximum atomic E-state index is 12.1. The number of aromatic nitrogens is 2. The lowest BCUT2D eigenvalue weighted by Crippen LogP contribution is -2.35. The molecule has 0 bridgehead atoms. The van der Waals surface area contributed by atoms with E-state index < -0.39 is 15.9 Å². The minimum Gasteiger partial charge on any atom is -0.497 e. The van der Waals surface area contributed by atoms with E-state index >= 15 is 0 Å². The molecule has 8 nitrogen and oxygen atoms in total. The number of sulfonamides is 1. The summed E-state index contributed by atoms with van der Waals surface area (Å²) in [4.78, 5) is 18.1. The number of H-pyrrole nitrogens is 1. The number of carbonyl (C=O) groups is 1. The zero-order valence-corrected chi connectivity index (χ0v) is 12.9. The van der Waals surface area contributed by atoms with E-state index in [0.717, 1.165) is 4.31 Å². The molecule has 0 unspecified atom stereocenters. The maximum Gasteiger partial charge on any atom is 0.260 e. The van der Waals surface area contributed by atoms with Gasteiger partial charge in [-0.3, -0.25) is 4.79 Å². The van der Waals surface area contributed by atoms with Gasteiger partial charge < -0.3 is 15.0 Å². The molecule has 1 heterocycles. The van der Waals surface area contributed by atoms with Crippen molar-refractivity contribution >= 4 is 21.6 Å². The van der Waals surface area contributed by atoms with Gasteiger partial charge in [-0.15, -0.1) is 0 Å². The highest BCUT2D eigenvalue weighted by Crippen LogP contribution is 2.17. The van der Waals surface area contributed by atoms with E-state index in [2.05, 4.69) is 15.3 Å². The number of ether oxygens (including phenoxy) is 1. The second-order valence-electron chi connectivity index (χ2n) is 4.46. The zero-order valence-electron chi connectivity index (χ0n) is 12.1. The number of hydrogen-bond acceptors (Lipinski definition) is 5. The molecule has 0 radical (unpaired) electrons. The summed E-state index contributed by atoms with van der Waals surface area (Å²) in [6.07, 6.45) is 2.45. The molecule has 0 saturated carbocycles. The van der Waals surface area contributed by atoms with Crippen LogP contribution in [0.15, 0.2) is 41.8 Å². The lowest BCUT2D eigenvalue weighted by atomic mass is 10.3. The number of nitrogens with one attached hydrogen (secondary N) is 2. The number of imidazole rings is 1. The molecule has 0 aliphatic rings. The molecule has 2 N–H and O–H groups in total. The molecule has 0 aliphatic carbocycles. The first-order valence-corrected chi connectivity index (χ1v) is 7.76. The fraction of sp³-hybridized carbons (Fsp3) is 0.231. The van der Waals surface area contributed by atoms with Gasteiger partial charge in [0.15, 0.2) is 5.03 Å². The summed E-state index contributed by atoms with van der Waals surface area (Å²) in [6.45, 7) is -0.321. The van der Waals surface area contributed by atoms with Gasteiger partial charge in [0, 0.05) is 18.8 Å². The van der Waals surface area contributed by atoms with Gasteiger partial charge in [0.25, 0.3) is 10.0 Å². The van der Waals surface area contributed by atoms with E-state index in [1.807, 2.05) is 0 Å². The fourth-order valence-corrected chi connectivity index (χ4v) is 2.76. The Kier molecular flexibility index (Phi) is 4.78. The van der Waals surface area contributed by atoms with Crippen LogP contribution in [0.2, 0.25) is 0 Å². The van der Waals surface area contributed by atoms with Crippen LogP contribution in [0.1, 0.15) is 0 Å². The molecule has 22 heavy (non-hydrogen) atoms. The highest BCUT2D eigenvalue weighted by atomic mass is 32.2. The lowest BCUT2D eigenvalue weighted by Gasteiger charge is -2.15. The third-order valence-electron chi connectivity index (χ3n) is 2.88. The third-order valence-corrected chi connectivity index (χ3v) is 4.61. The Balaban J connectivity index is 2.02. The van der Waals surface area contributed by atoms with Crippen LogP contribution in [0.3, 0.4) is 0 Å². The van der Waals surface area contributed by atoms with Crippen LogP contribution in [-0.4, -0.2) is 49.3 Å².